The summed E-state index contributed by atoms with van der Waals surface area (Å²) in [5.74, 6) is -0.547. The van der Waals surface area contributed by atoms with Crippen LogP contribution in [0.5, 0.6) is 5.75 Å². The predicted octanol–water partition coefficient (Wildman–Crippen LogP) is 3.74. The van der Waals surface area contributed by atoms with Gasteiger partial charge in [0, 0.05) is 11.2 Å². The molecular weight excluding hydrogens is 326 g/mol. The third-order valence-corrected chi connectivity index (χ3v) is 3.58. The first-order chi connectivity index (χ1) is 11.5. The molecule has 3 N–H and O–H groups in total. The van der Waals surface area contributed by atoms with Gasteiger partial charge in [0.1, 0.15) is 17.4 Å². The zero-order chi connectivity index (χ0) is 17.5. The number of nitriles is 1. The van der Waals surface area contributed by atoms with Crippen LogP contribution in [0.25, 0.3) is 0 Å². The fourth-order valence-corrected chi connectivity index (χ4v) is 2.19. The summed E-state index contributed by atoms with van der Waals surface area (Å²) in [4.78, 5) is 12.2. The topological polar surface area (TPSA) is 85.2 Å². The molecule has 122 valence electrons. The number of hydrogen-bond donors (Lipinski definition) is 3. The smallest absolute Gasteiger partial charge is 0.263 e. The molecule has 6 heteroatoms. The zero-order valence-corrected chi connectivity index (χ0v) is 13.7. The van der Waals surface area contributed by atoms with Gasteiger partial charge in [-0.05, 0) is 30.7 Å². The average molecular weight is 342 g/mol. The second-order valence-electron chi connectivity index (χ2n) is 5.08. The summed E-state index contributed by atoms with van der Waals surface area (Å²) in [6.07, 6.45) is 1.23. The number of amides is 1. The van der Waals surface area contributed by atoms with Gasteiger partial charge in [-0.1, -0.05) is 41.9 Å². The number of rotatable bonds is 5. The van der Waals surface area contributed by atoms with E-state index >= 15 is 0 Å². The maximum atomic E-state index is 12.2. The summed E-state index contributed by atoms with van der Waals surface area (Å²) in [7, 11) is 0. The monoisotopic (exact) mass is 341 g/mol. The number of halogens is 1. The van der Waals surface area contributed by atoms with Gasteiger partial charge in [0.15, 0.2) is 0 Å². The second kappa shape index (κ2) is 8.04. The number of carbonyl (C=O) groups is 1. The van der Waals surface area contributed by atoms with Crippen LogP contribution in [0.15, 0.2) is 60.3 Å². The zero-order valence-electron chi connectivity index (χ0n) is 13.0. The van der Waals surface area contributed by atoms with Crippen molar-refractivity contribution in [3.8, 4) is 11.8 Å². The van der Waals surface area contributed by atoms with Crippen LogP contribution < -0.4 is 10.6 Å². The third-order valence-electron chi connectivity index (χ3n) is 3.34. The summed E-state index contributed by atoms with van der Waals surface area (Å²) in [6.45, 7) is 1.83. The van der Waals surface area contributed by atoms with Gasteiger partial charge in [-0.2, -0.15) is 5.26 Å². The molecule has 0 fully saturated rings. The highest BCUT2D eigenvalue weighted by Gasteiger charge is 2.13. The van der Waals surface area contributed by atoms with Gasteiger partial charge < -0.3 is 15.7 Å². The number of carbonyl (C=O) groups excluding carboxylic acids is 1. The van der Waals surface area contributed by atoms with E-state index in [1.54, 1.807) is 0 Å². The number of nitrogens with one attached hydrogen (secondary N) is 2. The summed E-state index contributed by atoms with van der Waals surface area (Å²) in [6, 6.07) is 15.5. The van der Waals surface area contributed by atoms with Crippen molar-refractivity contribution in [1.82, 2.24) is 5.32 Å². The number of hydrogen-bond acceptors (Lipinski definition) is 4. The van der Waals surface area contributed by atoms with E-state index in [9.17, 15) is 15.2 Å². The van der Waals surface area contributed by atoms with E-state index in [-0.39, 0.29) is 17.4 Å². The van der Waals surface area contributed by atoms with E-state index < -0.39 is 5.91 Å². The molecule has 2 aromatic rings. The Morgan fingerprint density at radius 2 is 2.00 bits per heavy atom. The van der Waals surface area contributed by atoms with Gasteiger partial charge >= 0.3 is 0 Å². The Morgan fingerprint density at radius 3 is 2.67 bits per heavy atom. The molecule has 0 aliphatic rings. The van der Waals surface area contributed by atoms with E-state index in [0.29, 0.717) is 10.7 Å². The van der Waals surface area contributed by atoms with Crippen molar-refractivity contribution in [2.75, 3.05) is 5.32 Å². The first-order valence-electron chi connectivity index (χ1n) is 7.22. The van der Waals surface area contributed by atoms with E-state index in [1.165, 1.54) is 24.4 Å². The highest BCUT2D eigenvalue weighted by atomic mass is 35.5. The second-order valence-corrected chi connectivity index (χ2v) is 5.52. The van der Waals surface area contributed by atoms with Gasteiger partial charge in [-0.15, -0.1) is 0 Å². The van der Waals surface area contributed by atoms with Crippen molar-refractivity contribution in [2.45, 2.75) is 13.0 Å². The van der Waals surface area contributed by atoms with Gasteiger partial charge in [0.05, 0.1) is 11.7 Å². The van der Waals surface area contributed by atoms with Crippen LogP contribution in [0.4, 0.5) is 5.69 Å². The minimum Gasteiger partial charge on any atom is -0.506 e. The van der Waals surface area contributed by atoms with Crippen LogP contribution in [0.3, 0.4) is 0 Å². The Morgan fingerprint density at radius 1 is 1.29 bits per heavy atom. The van der Waals surface area contributed by atoms with E-state index in [4.69, 9.17) is 11.6 Å². The van der Waals surface area contributed by atoms with E-state index in [0.717, 1.165) is 5.56 Å². The van der Waals surface area contributed by atoms with Gasteiger partial charge in [-0.25, -0.2) is 0 Å². The standard InChI is InChI=1S/C18H16ClN3O2/c1-12(13-5-3-2-4-6-13)22-18(24)14(10-20)11-21-16-9-15(19)7-8-17(16)23/h2-9,11-12,21,23H,1H3,(H,22,24)/b14-11-. The van der Waals surface area contributed by atoms with Crippen LogP contribution in [0.1, 0.15) is 18.5 Å². The maximum Gasteiger partial charge on any atom is 0.263 e. The molecule has 1 atom stereocenters. The minimum atomic E-state index is -0.511. The number of nitrogens with zero attached hydrogens (tertiary/aromatic N) is 1. The molecule has 0 aromatic heterocycles. The Balaban J connectivity index is 2.08. The fraction of sp³-hybridized carbons (Fsp3) is 0.111. The SMILES string of the molecule is CC(NC(=O)/C(C#N)=C\Nc1cc(Cl)ccc1O)c1ccccc1. The largest absolute Gasteiger partial charge is 0.506 e. The van der Waals surface area contributed by atoms with Crippen molar-refractivity contribution in [3.63, 3.8) is 0 Å². The molecule has 0 heterocycles. The Bertz CT molecular complexity index is 798. The Kier molecular flexibility index (Phi) is 5.83. The highest BCUT2D eigenvalue weighted by Crippen LogP contribution is 2.26. The highest BCUT2D eigenvalue weighted by molar-refractivity contribution is 6.30. The Labute approximate surface area is 145 Å². The maximum absolute atomic E-state index is 12.2. The first kappa shape index (κ1) is 17.4. The van der Waals surface area contributed by atoms with Gasteiger partial charge in [0.25, 0.3) is 5.91 Å². The molecule has 0 aliphatic carbocycles. The molecule has 1 unspecified atom stereocenters. The lowest BCUT2D eigenvalue weighted by Crippen LogP contribution is -2.28. The molecule has 1 amide bonds. The molecule has 0 saturated carbocycles. The number of benzene rings is 2. The lowest BCUT2D eigenvalue weighted by atomic mass is 10.1. The van der Waals surface area contributed by atoms with Crippen LogP contribution in [-0.4, -0.2) is 11.0 Å². The number of anilines is 1. The molecule has 2 aromatic carbocycles. The van der Waals surface area contributed by atoms with Crippen molar-refractivity contribution >= 4 is 23.2 Å². The van der Waals surface area contributed by atoms with Crippen molar-refractivity contribution < 1.29 is 9.90 Å². The van der Waals surface area contributed by atoms with Crippen molar-refractivity contribution in [2.24, 2.45) is 0 Å². The van der Waals surface area contributed by atoms with Crippen molar-refractivity contribution in [1.29, 1.82) is 5.26 Å². The predicted molar refractivity (Wildman–Crippen MR) is 93.4 cm³/mol. The molecule has 0 radical (unpaired) electrons. The molecule has 24 heavy (non-hydrogen) atoms. The number of phenols is 1. The Hall–Kier alpha value is -2.97. The molecule has 0 aliphatic heterocycles. The van der Waals surface area contributed by atoms with Crippen LogP contribution in [0, 0.1) is 11.3 Å². The third kappa shape index (κ3) is 4.51. The van der Waals surface area contributed by atoms with E-state index in [2.05, 4.69) is 10.6 Å². The van der Waals surface area contributed by atoms with Crippen LogP contribution in [-0.2, 0) is 4.79 Å². The van der Waals surface area contributed by atoms with Gasteiger partial charge in [0.2, 0.25) is 0 Å². The van der Waals surface area contributed by atoms with Crippen molar-refractivity contribution in [3.05, 3.63) is 70.9 Å². The van der Waals surface area contributed by atoms with Crippen LogP contribution >= 0.6 is 11.6 Å². The van der Waals surface area contributed by atoms with Crippen LogP contribution in [0.2, 0.25) is 5.02 Å². The lowest BCUT2D eigenvalue weighted by Gasteiger charge is -2.14. The summed E-state index contributed by atoms with van der Waals surface area (Å²) < 4.78 is 0. The summed E-state index contributed by atoms with van der Waals surface area (Å²) >= 11 is 5.85. The average Bonchev–Trinajstić information content (AvgIpc) is 2.59. The van der Waals surface area contributed by atoms with Gasteiger partial charge in [-0.3, -0.25) is 4.79 Å². The normalized spacial score (nSPS) is 12.1. The molecule has 0 spiro atoms. The summed E-state index contributed by atoms with van der Waals surface area (Å²) in [5.41, 5.74) is 1.12. The minimum absolute atomic E-state index is 0.0361. The summed E-state index contributed by atoms with van der Waals surface area (Å²) in [5, 5.41) is 24.8. The molecule has 2 rings (SSSR count). The number of aromatic hydroxyl groups is 1. The fourth-order valence-electron chi connectivity index (χ4n) is 2.02. The lowest BCUT2D eigenvalue weighted by molar-refractivity contribution is -0.117. The van der Waals surface area contributed by atoms with E-state index in [1.807, 2.05) is 43.3 Å². The molecule has 0 bridgehead atoms. The molecular formula is C18H16ClN3O2. The molecule has 0 saturated heterocycles. The quantitative estimate of drug-likeness (QED) is 0.439. The number of phenolic OH excluding ortho intramolecular Hbond substituents is 1. The molecule has 5 nitrogen and oxygen atoms in total. The first-order valence-corrected chi connectivity index (χ1v) is 7.60.